The van der Waals surface area contributed by atoms with Crippen molar-refractivity contribution in [2.45, 2.75) is 78.0 Å². The van der Waals surface area contributed by atoms with E-state index in [-0.39, 0.29) is 43.3 Å². The molecule has 0 fully saturated rings. The van der Waals surface area contributed by atoms with Gasteiger partial charge in [0, 0.05) is 50.6 Å². The summed E-state index contributed by atoms with van der Waals surface area (Å²) >= 11 is 0. The van der Waals surface area contributed by atoms with Crippen molar-refractivity contribution in [3.8, 4) is 0 Å². The van der Waals surface area contributed by atoms with Crippen molar-refractivity contribution >= 4 is 46.9 Å². The van der Waals surface area contributed by atoms with E-state index >= 15 is 0 Å². The molecule has 0 aliphatic carbocycles. The number of nitro groups is 1. The molecule has 0 spiro atoms. The number of carboxylic acid groups (broad SMARTS) is 2. The first-order chi connectivity index (χ1) is 24.4. The number of nitrogens with zero attached hydrogens (tertiary/aromatic N) is 2. The molecule has 4 amide bonds. The molecule has 15 heteroatoms. The molecule has 0 bridgehead atoms. The fourth-order valence-electron chi connectivity index (χ4n) is 6.01. The summed E-state index contributed by atoms with van der Waals surface area (Å²) in [5, 5.41) is 38.7. The van der Waals surface area contributed by atoms with Gasteiger partial charge in [0.25, 0.3) is 5.69 Å². The van der Waals surface area contributed by atoms with Gasteiger partial charge < -0.3 is 31.1 Å². The minimum atomic E-state index is -1.46. The maximum absolute atomic E-state index is 13.7. The van der Waals surface area contributed by atoms with Crippen molar-refractivity contribution in [2.24, 2.45) is 5.41 Å². The smallest absolute Gasteiger partial charge is 0.326 e. The van der Waals surface area contributed by atoms with Crippen molar-refractivity contribution < 1.29 is 43.9 Å². The summed E-state index contributed by atoms with van der Waals surface area (Å²) in [4.78, 5) is 87.8. The van der Waals surface area contributed by atoms with Gasteiger partial charge in [-0.25, -0.2) is 9.59 Å². The lowest BCUT2D eigenvalue weighted by Crippen LogP contribution is -2.47. The van der Waals surface area contributed by atoms with Gasteiger partial charge in [-0.1, -0.05) is 63.2 Å². The van der Waals surface area contributed by atoms with Crippen LogP contribution >= 0.6 is 0 Å². The molecule has 1 aliphatic rings. The lowest BCUT2D eigenvalue weighted by atomic mass is 9.91. The molecular formula is C37H41N5O10. The summed E-state index contributed by atoms with van der Waals surface area (Å²) in [5.41, 5.74) is 2.43. The topological polar surface area (TPSA) is 225 Å². The number of fused-ring (bicyclic) bond motifs is 1. The van der Waals surface area contributed by atoms with Crippen LogP contribution in [0, 0.1) is 15.5 Å². The number of carbonyl (C=O) groups excluding carboxylic acids is 4. The molecule has 1 aliphatic heterocycles. The number of aliphatic carboxylic acids is 2. The number of anilines is 1. The Morgan fingerprint density at radius 2 is 1.44 bits per heavy atom. The number of hydrogen-bond donors (Lipinski definition) is 5. The molecule has 5 N–H and O–H groups in total. The number of nitrogens with one attached hydrogen (secondary N) is 3. The summed E-state index contributed by atoms with van der Waals surface area (Å²) < 4.78 is 0. The van der Waals surface area contributed by atoms with E-state index in [0.29, 0.717) is 33.5 Å². The van der Waals surface area contributed by atoms with Crippen LogP contribution < -0.4 is 16.0 Å². The highest BCUT2D eigenvalue weighted by Gasteiger charge is 2.39. The molecule has 15 nitrogen and oxygen atoms in total. The summed E-state index contributed by atoms with van der Waals surface area (Å²) in [5.74, 6) is -4.61. The Balaban J connectivity index is 1.48. The van der Waals surface area contributed by atoms with Crippen LogP contribution in [0.25, 0.3) is 0 Å². The maximum atomic E-state index is 13.7. The fraction of sp³-hybridized carbons (Fsp3) is 0.351. The van der Waals surface area contributed by atoms with Crippen LogP contribution in [-0.4, -0.2) is 67.7 Å². The molecule has 3 atom stereocenters. The van der Waals surface area contributed by atoms with Crippen LogP contribution in [0.5, 0.6) is 0 Å². The zero-order chi connectivity index (χ0) is 38.3. The molecule has 1 heterocycles. The van der Waals surface area contributed by atoms with E-state index in [1.807, 2.05) is 20.8 Å². The summed E-state index contributed by atoms with van der Waals surface area (Å²) in [6.45, 7) is 6.85. The number of carboxylic acids is 2. The number of hydrogen-bond acceptors (Lipinski definition) is 8. The van der Waals surface area contributed by atoms with Gasteiger partial charge in [0.2, 0.25) is 23.6 Å². The highest BCUT2D eigenvalue weighted by Crippen LogP contribution is 2.36. The normalized spacial score (nSPS) is 14.8. The van der Waals surface area contributed by atoms with Crippen LogP contribution in [0.4, 0.5) is 11.4 Å². The summed E-state index contributed by atoms with van der Waals surface area (Å²) in [7, 11) is 0. The minimum Gasteiger partial charge on any atom is -0.480 e. The predicted molar refractivity (Wildman–Crippen MR) is 188 cm³/mol. The third-order valence-electron chi connectivity index (χ3n) is 8.44. The molecule has 0 saturated heterocycles. The Morgan fingerprint density at radius 3 is 1.96 bits per heavy atom. The second-order valence-electron chi connectivity index (χ2n) is 13.9. The number of nitro benzene ring substituents is 1. The van der Waals surface area contributed by atoms with Gasteiger partial charge in [0.1, 0.15) is 18.1 Å². The van der Waals surface area contributed by atoms with Gasteiger partial charge in [0.05, 0.1) is 11.3 Å². The molecule has 0 aromatic heterocycles. The van der Waals surface area contributed by atoms with Gasteiger partial charge in [-0.05, 0) is 45.4 Å². The molecule has 3 unspecified atom stereocenters. The Labute approximate surface area is 299 Å². The number of carbonyl (C=O) groups is 6. The molecule has 4 rings (SSSR count). The highest BCUT2D eigenvalue weighted by molar-refractivity contribution is 5.94. The predicted octanol–water partition coefficient (Wildman–Crippen LogP) is 3.54. The number of amides is 4. The van der Waals surface area contributed by atoms with E-state index in [1.165, 1.54) is 36.1 Å². The second kappa shape index (κ2) is 16.3. The Morgan fingerprint density at radius 1 is 0.865 bits per heavy atom. The molecule has 3 aromatic rings. The minimum absolute atomic E-state index is 0.0207. The molecular weight excluding hydrogens is 674 g/mol. The number of benzene rings is 3. The van der Waals surface area contributed by atoms with E-state index in [4.69, 9.17) is 0 Å². The van der Waals surface area contributed by atoms with E-state index in [1.54, 1.807) is 42.5 Å². The van der Waals surface area contributed by atoms with Crippen LogP contribution in [0.2, 0.25) is 0 Å². The Kier molecular flexibility index (Phi) is 12.1. The van der Waals surface area contributed by atoms with E-state index < -0.39 is 58.6 Å². The van der Waals surface area contributed by atoms with Crippen molar-refractivity contribution in [2.75, 3.05) is 5.32 Å². The number of rotatable bonds is 14. The van der Waals surface area contributed by atoms with Crippen LogP contribution in [-0.2, 0) is 54.6 Å². The third kappa shape index (κ3) is 10.2. The monoisotopic (exact) mass is 715 g/mol. The van der Waals surface area contributed by atoms with Crippen molar-refractivity contribution in [1.82, 2.24) is 15.5 Å². The average Bonchev–Trinajstić information content (AvgIpc) is 3.43. The van der Waals surface area contributed by atoms with Crippen molar-refractivity contribution in [1.29, 1.82) is 0 Å². The second-order valence-corrected chi connectivity index (χ2v) is 13.9. The summed E-state index contributed by atoms with van der Waals surface area (Å²) in [6.07, 6.45) is -0.281. The van der Waals surface area contributed by atoms with Crippen molar-refractivity contribution in [3.05, 3.63) is 105 Å². The average molecular weight is 716 g/mol. The zero-order valence-electron chi connectivity index (χ0n) is 29.2. The maximum Gasteiger partial charge on any atom is 0.326 e. The first-order valence-corrected chi connectivity index (χ1v) is 16.5. The van der Waals surface area contributed by atoms with Crippen LogP contribution in [0.1, 0.15) is 68.0 Å². The van der Waals surface area contributed by atoms with Gasteiger partial charge >= 0.3 is 11.9 Å². The lowest BCUT2D eigenvalue weighted by Gasteiger charge is -2.25. The standard InChI is InChI=1S/C37H41N5O10/c1-21(43)41-20-25-16-26(38-31(44)15-22-9-12-27(13-10-22)42(51)52)11-14-28(25)33(41)34(46)40-30(36(49)50)18-24-8-6-5-7-23(24)17-29(35(47)48)39-32(45)19-37(2,3)4/h5-14,16,29-30,33H,15,17-20H2,1-4H3,(H,38,44)(H,39,45)(H,40,46)(H,47,48)(H,49,50). The third-order valence-corrected chi connectivity index (χ3v) is 8.44. The zero-order valence-corrected chi connectivity index (χ0v) is 29.2. The lowest BCUT2D eigenvalue weighted by molar-refractivity contribution is -0.384. The fourth-order valence-corrected chi connectivity index (χ4v) is 6.01. The molecule has 3 aromatic carbocycles. The van der Waals surface area contributed by atoms with Gasteiger partial charge in [-0.2, -0.15) is 0 Å². The van der Waals surface area contributed by atoms with Crippen LogP contribution in [0.15, 0.2) is 66.7 Å². The number of non-ortho nitro benzene ring substituents is 1. The quantitative estimate of drug-likeness (QED) is 0.121. The SMILES string of the molecule is CC(=O)N1Cc2cc(NC(=O)Cc3ccc([N+](=O)[O-])cc3)ccc2C1C(=O)NC(Cc1ccccc1CC(NC(=O)CC(C)(C)C)C(=O)O)C(=O)O. The molecule has 0 saturated carbocycles. The first-order valence-electron chi connectivity index (χ1n) is 16.5. The highest BCUT2D eigenvalue weighted by atomic mass is 16.6. The molecule has 274 valence electrons. The van der Waals surface area contributed by atoms with E-state index in [0.717, 1.165) is 0 Å². The van der Waals surface area contributed by atoms with Gasteiger partial charge in [-0.3, -0.25) is 29.3 Å². The molecule has 0 radical (unpaired) electrons. The van der Waals surface area contributed by atoms with Crippen molar-refractivity contribution in [3.63, 3.8) is 0 Å². The first kappa shape index (κ1) is 38.7. The van der Waals surface area contributed by atoms with E-state index in [9.17, 15) is 49.1 Å². The van der Waals surface area contributed by atoms with Crippen LogP contribution in [0.3, 0.4) is 0 Å². The Hall–Kier alpha value is -6.12. The Bertz CT molecular complexity index is 1890. The van der Waals surface area contributed by atoms with Gasteiger partial charge in [0.15, 0.2) is 0 Å². The summed E-state index contributed by atoms with van der Waals surface area (Å²) in [6, 6.07) is 13.0. The largest absolute Gasteiger partial charge is 0.480 e. The van der Waals surface area contributed by atoms with E-state index in [2.05, 4.69) is 16.0 Å². The molecule has 52 heavy (non-hydrogen) atoms. The van der Waals surface area contributed by atoms with Gasteiger partial charge in [-0.15, -0.1) is 0 Å².